The van der Waals surface area contributed by atoms with Crippen LogP contribution in [0.4, 0.5) is 0 Å². The Labute approximate surface area is 147 Å². The first-order valence-corrected chi connectivity index (χ1v) is 9.35. The van der Waals surface area contributed by atoms with Crippen LogP contribution in [0.5, 0.6) is 0 Å². The molecule has 1 aliphatic carbocycles. The third kappa shape index (κ3) is 3.80. The Balaban J connectivity index is 1.56. The van der Waals surface area contributed by atoms with Crippen molar-refractivity contribution in [2.24, 2.45) is 0 Å². The molecule has 1 amide bonds. The minimum Gasteiger partial charge on any atom is -0.349 e. The summed E-state index contributed by atoms with van der Waals surface area (Å²) in [4.78, 5) is 12.3. The van der Waals surface area contributed by atoms with E-state index in [1.54, 1.807) is 0 Å². The van der Waals surface area contributed by atoms with Crippen LogP contribution in [0.2, 0.25) is 0 Å². The zero-order chi connectivity index (χ0) is 17.3. The fourth-order valence-corrected chi connectivity index (χ4v) is 3.59. The average molecular weight is 344 g/mol. The summed E-state index contributed by atoms with van der Waals surface area (Å²) in [6.07, 6.45) is 2.37. The third-order valence-electron chi connectivity index (χ3n) is 4.49. The lowest BCUT2D eigenvalue weighted by Crippen LogP contribution is -2.28. The quantitative estimate of drug-likeness (QED) is 0.815. The van der Waals surface area contributed by atoms with Gasteiger partial charge in [0, 0.05) is 6.04 Å². The lowest BCUT2D eigenvalue weighted by molar-refractivity contribution is -0.119. The van der Waals surface area contributed by atoms with Gasteiger partial charge < -0.3 is 9.88 Å². The van der Waals surface area contributed by atoms with Crippen LogP contribution in [0.3, 0.4) is 0 Å². The van der Waals surface area contributed by atoms with E-state index in [1.165, 1.54) is 35.7 Å². The van der Waals surface area contributed by atoms with Crippen molar-refractivity contribution in [1.82, 2.24) is 20.1 Å². The number of amides is 1. The van der Waals surface area contributed by atoms with Crippen LogP contribution in [-0.4, -0.2) is 26.4 Å². The van der Waals surface area contributed by atoms with E-state index in [-0.39, 0.29) is 11.9 Å². The van der Waals surface area contributed by atoms with Crippen molar-refractivity contribution in [3.8, 4) is 0 Å². The number of carbonyl (C=O) groups excluding carboxylic acids is 1. The molecule has 1 aromatic carbocycles. The summed E-state index contributed by atoms with van der Waals surface area (Å²) in [6, 6.07) is 6.84. The first kappa shape index (κ1) is 17.0. The first-order valence-electron chi connectivity index (χ1n) is 8.36. The number of rotatable bonds is 6. The Bertz CT molecular complexity index is 751. The largest absolute Gasteiger partial charge is 0.349 e. The number of carbonyl (C=O) groups is 1. The second-order valence-corrected chi connectivity index (χ2v) is 7.50. The Morgan fingerprint density at radius 1 is 1.29 bits per heavy atom. The Morgan fingerprint density at radius 2 is 2.04 bits per heavy atom. The highest BCUT2D eigenvalue weighted by Gasteiger charge is 2.28. The molecule has 1 aliphatic rings. The van der Waals surface area contributed by atoms with E-state index >= 15 is 0 Å². The van der Waals surface area contributed by atoms with E-state index in [1.807, 2.05) is 13.8 Å². The minimum absolute atomic E-state index is 0.000406. The molecule has 1 atom stereocenters. The van der Waals surface area contributed by atoms with Crippen molar-refractivity contribution >= 4 is 17.7 Å². The second-order valence-electron chi connectivity index (χ2n) is 6.55. The van der Waals surface area contributed by atoms with Crippen LogP contribution in [0.25, 0.3) is 0 Å². The van der Waals surface area contributed by atoms with Crippen LogP contribution < -0.4 is 5.32 Å². The van der Waals surface area contributed by atoms with Gasteiger partial charge in [0.15, 0.2) is 5.16 Å². The molecule has 0 radical (unpaired) electrons. The van der Waals surface area contributed by atoms with Gasteiger partial charge >= 0.3 is 0 Å². The molecule has 1 fully saturated rings. The van der Waals surface area contributed by atoms with E-state index in [4.69, 9.17) is 0 Å². The molecule has 0 bridgehead atoms. The van der Waals surface area contributed by atoms with E-state index in [9.17, 15) is 4.79 Å². The fraction of sp³-hybridized carbons (Fsp3) is 0.500. The van der Waals surface area contributed by atoms with Gasteiger partial charge in [-0.1, -0.05) is 30.0 Å². The molecule has 1 aromatic heterocycles. The molecule has 0 unspecified atom stereocenters. The van der Waals surface area contributed by atoms with Gasteiger partial charge in [-0.25, -0.2) is 0 Å². The maximum Gasteiger partial charge on any atom is 0.230 e. The number of aromatic nitrogens is 3. The molecule has 1 heterocycles. The SMILES string of the molecule is Cc1ccc([C@@H](C)NC(=O)CSc2nnc(C)n2C2CC2)cc1C. The summed E-state index contributed by atoms with van der Waals surface area (Å²) >= 11 is 1.46. The highest BCUT2D eigenvalue weighted by atomic mass is 32.2. The van der Waals surface area contributed by atoms with Gasteiger partial charge in [-0.2, -0.15) is 0 Å². The van der Waals surface area contributed by atoms with E-state index in [2.05, 4.69) is 52.1 Å². The second kappa shape index (κ2) is 6.97. The van der Waals surface area contributed by atoms with Gasteiger partial charge in [0.2, 0.25) is 5.91 Å². The minimum atomic E-state index is 0.000406. The zero-order valence-electron chi connectivity index (χ0n) is 14.7. The van der Waals surface area contributed by atoms with Crippen LogP contribution in [0.15, 0.2) is 23.4 Å². The number of nitrogens with zero attached hydrogens (tertiary/aromatic N) is 3. The van der Waals surface area contributed by atoms with Crippen molar-refractivity contribution in [2.75, 3.05) is 5.75 Å². The van der Waals surface area contributed by atoms with Crippen molar-refractivity contribution in [2.45, 2.75) is 57.8 Å². The van der Waals surface area contributed by atoms with Crippen LogP contribution >= 0.6 is 11.8 Å². The topological polar surface area (TPSA) is 59.8 Å². The predicted octanol–water partition coefficient (Wildman–Crippen LogP) is 3.51. The Hall–Kier alpha value is -1.82. The molecule has 0 aliphatic heterocycles. The molecular formula is C18H24N4OS. The van der Waals surface area contributed by atoms with Crippen molar-refractivity contribution in [1.29, 1.82) is 0 Å². The number of benzene rings is 1. The molecule has 24 heavy (non-hydrogen) atoms. The number of aryl methyl sites for hydroxylation is 3. The van der Waals surface area contributed by atoms with Crippen LogP contribution in [0, 0.1) is 20.8 Å². The van der Waals surface area contributed by atoms with Gasteiger partial charge in [-0.3, -0.25) is 4.79 Å². The summed E-state index contributed by atoms with van der Waals surface area (Å²) in [6.45, 7) is 8.17. The van der Waals surface area contributed by atoms with Crippen molar-refractivity contribution in [3.05, 3.63) is 40.7 Å². The average Bonchev–Trinajstić information content (AvgIpc) is 3.31. The Kier molecular flexibility index (Phi) is 4.94. The van der Waals surface area contributed by atoms with E-state index < -0.39 is 0 Å². The van der Waals surface area contributed by atoms with E-state index in [0.717, 1.165) is 16.5 Å². The zero-order valence-corrected chi connectivity index (χ0v) is 15.5. The molecule has 6 heteroatoms. The number of hydrogen-bond donors (Lipinski definition) is 1. The summed E-state index contributed by atoms with van der Waals surface area (Å²) in [7, 11) is 0. The monoisotopic (exact) mass is 344 g/mol. The molecular weight excluding hydrogens is 320 g/mol. The molecule has 128 valence electrons. The lowest BCUT2D eigenvalue weighted by Gasteiger charge is -2.15. The van der Waals surface area contributed by atoms with Crippen LogP contribution in [-0.2, 0) is 4.79 Å². The molecule has 1 N–H and O–H groups in total. The number of thioether (sulfide) groups is 1. The van der Waals surface area contributed by atoms with Gasteiger partial charge in [0.1, 0.15) is 5.82 Å². The van der Waals surface area contributed by atoms with Gasteiger partial charge in [-0.15, -0.1) is 10.2 Å². The smallest absolute Gasteiger partial charge is 0.230 e. The number of hydrogen-bond acceptors (Lipinski definition) is 4. The highest BCUT2D eigenvalue weighted by molar-refractivity contribution is 7.99. The van der Waals surface area contributed by atoms with Crippen molar-refractivity contribution in [3.63, 3.8) is 0 Å². The molecule has 0 spiro atoms. The molecule has 0 saturated heterocycles. The lowest BCUT2D eigenvalue weighted by atomic mass is 10.0. The predicted molar refractivity (Wildman–Crippen MR) is 96.2 cm³/mol. The molecule has 2 aromatic rings. The van der Waals surface area contributed by atoms with E-state index in [0.29, 0.717) is 11.8 Å². The van der Waals surface area contributed by atoms with Gasteiger partial charge in [0.05, 0.1) is 11.8 Å². The maximum atomic E-state index is 12.3. The maximum absolute atomic E-state index is 12.3. The summed E-state index contributed by atoms with van der Waals surface area (Å²) in [5.74, 6) is 1.32. The van der Waals surface area contributed by atoms with Crippen LogP contribution in [0.1, 0.15) is 54.4 Å². The standard InChI is InChI=1S/C18H24N4OS/c1-11-5-6-15(9-12(11)2)13(3)19-17(23)10-24-18-21-20-14(4)22(18)16-7-8-16/h5-6,9,13,16H,7-8,10H2,1-4H3,(H,19,23)/t13-/m1/s1. The number of nitrogens with one attached hydrogen (secondary N) is 1. The van der Waals surface area contributed by atoms with Gasteiger partial charge in [0.25, 0.3) is 0 Å². The summed E-state index contributed by atoms with van der Waals surface area (Å²) < 4.78 is 2.16. The molecule has 1 saturated carbocycles. The first-order chi connectivity index (χ1) is 11.5. The third-order valence-corrected chi connectivity index (χ3v) is 5.43. The summed E-state index contributed by atoms with van der Waals surface area (Å²) in [5.41, 5.74) is 3.65. The molecule has 5 nitrogen and oxygen atoms in total. The fourth-order valence-electron chi connectivity index (χ4n) is 2.73. The highest BCUT2D eigenvalue weighted by Crippen LogP contribution is 2.38. The van der Waals surface area contributed by atoms with Gasteiger partial charge in [-0.05, 0) is 57.2 Å². The Morgan fingerprint density at radius 3 is 2.71 bits per heavy atom. The summed E-state index contributed by atoms with van der Waals surface area (Å²) in [5, 5.41) is 12.3. The normalized spacial score (nSPS) is 15.3. The molecule has 3 rings (SSSR count). The van der Waals surface area contributed by atoms with Crippen molar-refractivity contribution < 1.29 is 4.79 Å².